The number of carbonyl (C=O) groups is 2. The molecule has 0 saturated heterocycles. The molecule has 0 amide bonds. The Bertz CT molecular complexity index is 246. The molecule has 0 saturated carbocycles. The van der Waals surface area contributed by atoms with Crippen LogP contribution in [0, 0.1) is 5.92 Å². The monoisotopic (exact) mass is 228 g/mol. The van der Waals surface area contributed by atoms with E-state index in [2.05, 4.69) is 13.2 Å². The van der Waals surface area contributed by atoms with E-state index < -0.39 is 24.1 Å². The van der Waals surface area contributed by atoms with Crippen molar-refractivity contribution in [1.29, 1.82) is 0 Å². The van der Waals surface area contributed by atoms with Crippen LogP contribution in [0.25, 0.3) is 0 Å². The Hall–Kier alpha value is -1.62. The van der Waals surface area contributed by atoms with Crippen molar-refractivity contribution in [2.45, 2.75) is 19.6 Å². The molecule has 1 unspecified atom stereocenters. The van der Waals surface area contributed by atoms with Crippen molar-refractivity contribution in [2.75, 3.05) is 6.61 Å². The van der Waals surface area contributed by atoms with Crippen LogP contribution in [0.1, 0.15) is 13.3 Å². The number of hydrogen-bond donors (Lipinski definition) is 1. The highest BCUT2D eigenvalue weighted by atomic mass is 16.7. The Kier molecular flexibility index (Phi) is 6.87. The van der Waals surface area contributed by atoms with E-state index in [0.29, 0.717) is 6.42 Å². The second-order valence-electron chi connectivity index (χ2n) is 3.00. The second kappa shape index (κ2) is 7.64. The van der Waals surface area contributed by atoms with Crippen molar-refractivity contribution >= 4 is 11.9 Å². The Balaban J connectivity index is 4.59. The van der Waals surface area contributed by atoms with Gasteiger partial charge in [-0.1, -0.05) is 20.1 Å². The predicted molar refractivity (Wildman–Crippen MR) is 57.2 cm³/mol. The maximum absolute atomic E-state index is 11.0. The molecule has 1 N–H and O–H groups in total. The van der Waals surface area contributed by atoms with Crippen molar-refractivity contribution in [3.05, 3.63) is 25.3 Å². The lowest BCUT2D eigenvalue weighted by Gasteiger charge is -2.23. The Morgan fingerprint density at radius 1 is 1.25 bits per heavy atom. The third kappa shape index (κ3) is 4.75. The minimum Gasteiger partial charge on any atom is -0.422 e. The number of esters is 2. The standard InChI is InChI=1S/C11H16O5/c1-4-8(7-12)11(15-9(13)5-2)16-10(14)6-3/h5-6,8,11-12H,2-4,7H2,1H3. The van der Waals surface area contributed by atoms with Crippen LogP contribution < -0.4 is 0 Å². The fourth-order valence-electron chi connectivity index (χ4n) is 0.949. The maximum Gasteiger partial charge on any atom is 0.333 e. The number of hydrogen-bond acceptors (Lipinski definition) is 5. The molecule has 0 aromatic carbocycles. The van der Waals surface area contributed by atoms with Gasteiger partial charge in [0.05, 0.1) is 12.5 Å². The van der Waals surface area contributed by atoms with Crippen LogP contribution in [-0.4, -0.2) is 29.9 Å². The lowest BCUT2D eigenvalue weighted by Crippen LogP contribution is -2.32. The van der Waals surface area contributed by atoms with Gasteiger partial charge in [0.25, 0.3) is 6.29 Å². The molecule has 0 rings (SSSR count). The van der Waals surface area contributed by atoms with Crippen molar-refractivity contribution < 1.29 is 24.2 Å². The first-order chi connectivity index (χ1) is 7.58. The minimum absolute atomic E-state index is 0.254. The molecule has 0 heterocycles. The topological polar surface area (TPSA) is 72.8 Å². The SMILES string of the molecule is C=CC(=O)OC(OC(=O)C=C)C(CC)CO. The summed E-state index contributed by atoms with van der Waals surface area (Å²) in [6.07, 6.45) is 1.29. The highest BCUT2D eigenvalue weighted by Crippen LogP contribution is 2.14. The number of aliphatic hydroxyl groups is 1. The summed E-state index contributed by atoms with van der Waals surface area (Å²) in [5.41, 5.74) is 0. The van der Waals surface area contributed by atoms with E-state index in [0.717, 1.165) is 12.2 Å². The van der Waals surface area contributed by atoms with E-state index in [9.17, 15) is 9.59 Å². The van der Waals surface area contributed by atoms with Crippen LogP contribution in [0.4, 0.5) is 0 Å². The zero-order chi connectivity index (χ0) is 12.6. The normalized spacial score (nSPS) is 11.7. The van der Waals surface area contributed by atoms with Gasteiger partial charge in [-0.25, -0.2) is 9.59 Å². The summed E-state index contributed by atoms with van der Waals surface area (Å²) in [6.45, 7) is 7.97. The van der Waals surface area contributed by atoms with E-state index >= 15 is 0 Å². The number of ether oxygens (including phenoxy) is 2. The van der Waals surface area contributed by atoms with Crippen LogP contribution >= 0.6 is 0 Å². The van der Waals surface area contributed by atoms with Gasteiger partial charge >= 0.3 is 11.9 Å². The molecule has 0 aliphatic rings. The minimum atomic E-state index is -1.12. The summed E-state index contributed by atoms with van der Waals surface area (Å²) < 4.78 is 9.62. The molecule has 0 fully saturated rings. The van der Waals surface area contributed by atoms with E-state index in [1.54, 1.807) is 6.92 Å². The first-order valence-corrected chi connectivity index (χ1v) is 4.85. The number of rotatable bonds is 7. The molecule has 5 heteroatoms. The maximum atomic E-state index is 11.0. The molecule has 0 aromatic rings. The van der Waals surface area contributed by atoms with E-state index in [-0.39, 0.29) is 6.61 Å². The molecule has 0 radical (unpaired) electrons. The van der Waals surface area contributed by atoms with Crippen molar-refractivity contribution in [2.24, 2.45) is 5.92 Å². The largest absolute Gasteiger partial charge is 0.422 e. The summed E-state index contributed by atoms with van der Waals surface area (Å²) in [6, 6.07) is 0. The molecular weight excluding hydrogens is 212 g/mol. The van der Waals surface area contributed by atoms with Gasteiger partial charge in [-0.3, -0.25) is 0 Å². The number of aliphatic hydroxyl groups excluding tert-OH is 1. The van der Waals surface area contributed by atoms with E-state index in [1.807, 2.05) is 0 Å². The van der Waals surface area contributed by atoms with Gasteiger partial charge < -0.3 is 14.6 Å². The molecule has 0 aliphatic carbocycles. The van der Waals surface area contributed by atoms with Crippen LogP contribution in [0.15, 0.2) is 25.3 Å². The van der Waals surface area contributed by atoms with Gasteiger partial charge in [-0.15, -0.1) is 0 Å². The van der Waals surface area contributed by atoms with Gasteiger partial charge in [0.15, 0.2) is 0 Å². The third-order valence-corrected chi connectivity index (χ3v) is 1.94. The predicted octanol–water partition coefficient (Wildman–Crippen LogP) is 0.789. The van der Waals surface area contributed by atoms with Crippen LogP contribution in [0.5, 0.6) is 0 Å². The third-order valence-electron chi connectivity index (χ3n) is 1.94. The number of carbonyl (C=O) groups excluding carboxylic acids is 2. The first kappa shape index (κ1) is 14.4. The molecule has 5 nitrogen and oxygen atoms in total. The average Bonchev–Trinajstić information content (AvgIpc) is 2.29. The molecule has 0 spiro atoms. The zero-order valence-corrected chi connectivity index (χ0v) is 9.22. The first-order valence-electron chi connectivity index (χ1n) is 4.85. The molecule has 0 bridgehead atoms. The fraction of sp³-hybridized carbons (Fsp3) is 0.455. The molecule has 1 atom stereocenters. The summed E-state index contributed by atoms with van der Waals surface area (Å²) in [7, 11) is 0. The average molecular weight is 228 g/mol. The highest BCUT2D eigenvalue weighted by Gasteiger charge is 2.25. The van der Waals surface area contributed by atoms with E-state index in [1.165, 1.54) is 0 Å². The molecule has 0 aliphatic heterocycles. The summed E-state index contributed by atoms with van der Waals surface area (Å²) >= 11 is 0. The Morgan fingerprint density at radius 2 is 1.69 bits per heavy atom. The van der Waals surface area contributed by atoms with Crippen LogP contribution in [0.3, 0.4) is 0 Å². The smallest absolute Gasteiger partial charge is 0.333 e. The fourth-order valence-corrected chi connectivity index (χ4v) is 0.949. The molecule has 90 valence electrons. The quantitative estimate of drug-likeness (QED) is 0.396. The van der Waals surface area contributed by atoms with Gasteiger partial charge in [0, 0.05) is 12.2 Å². The lowest BCUT2D eigenvalue weighted by atomic mass is 10.1. The second-order valence-corrected chi connectivity index (χ2v) is 3.00. The molecular formula is C11H16O5. The highest BCUT2D eigenvalue weighted by molar-refractivity contribution is 5.83. The zero-order valence-electron chi connectivity index (χ0n) is 9.22. The van der Waals surface area contributed by atoms with Gasteiger partial charge in [0.1, 0.15) is 0 Å². The Morgan fingerprint density at radius 3 is 1.94 bits per heavy atom. The van der Waals surface area contributed by atoms with Crippen LogP contribution in [-0.2, 0) is 19.1 Å². The van der Waals surface area contributed by atoms with E-state index in [4.69, 9.17) is 14.6 Å². The molecule has 16 heavy (non-hydrogen) atoms. The summed E-state index contributed by atoms with van der Waals surface area (Å²) in [5.74, 6) is -1.89. The van der Waals surface area contributed by atoms with Gasteiger partial charge in [-0.2, -0.15) is 0 Å². The van der Waals surface area contributed by atoms with Gasteiger partial charge in [0.2, 0.25) is 0 Å². The lowest BCUT2D eigenvalue weighted by molar-refractivity contribution is -0.193. The van der Waals surface area contributed by atoms with Crippen LogP contribution in [0.2, 0.25) is 0 Å². The van der Waals surface area contributed by atoms with Crippen molar-refractivity contribution in [3.8, 4) is 0 Å². The van der Waals surface area contributed by atoms with Crippen molar-refractivity contribution in [1.82, 2.24) is 0 Å². The van der Waals surface area contributed by atoms with Gasteiger partial charge in [-0.05, 0) is 6.42 Å². The molecule has 0 aromatic heterocycles. The summed E-state index contributed by atoms with van der Waals surface area (Å²) in [4.78, 5) is 22.0. The van der Waals surface area contributed by atoms with Crippen molar-refractivity contribution in [3.63, 3.8) is 0 Å². The Labute approximate surface area is 94.4 Å². The summed E-state index contributed by atoms with van der Waals surface area (Å²) in [5, 5.41) is 9.03.